The fourth-order valence-electron chi connectivity index (χ4n) is 2.18. The molecule has 7 heteroatoms. The van der Waals surface area contributed by atoms with Crippen LogP contribution in [0.15, 0.2) is 24.4 Å². The second-order valence-corrected chi connectivity index (χ2v) is 5.26. The Morgan fingerprint density at radius 1 is 1.29 bits per heavy atom. The smallest absolute Gasteiger partial charge is 0.249 e. The maximum absolute atomic E-state index is 5.96. The molecule has 6 nitrogen and oxygen atoms in total. The molecule has 0 saturated carbocycles. The maximum Gasteiger partial charge on any atom is 0.249 e. The molecule has 1 fully saturated rings. The van der Waals surface area contributed by atoms with Crippen LogP contribution in [0.25, 0.3) is 0 Å². The number of ether oxygens (including phenoxy) is 1. The third kappa shape index (κ3) is 3.40. The Kier molecular flexibility index (Phi) is 4.17. The summed E-state index contributed by atoms with van der Waals surface area (Å²) in [4.78, 5) is 6.64. The molecule has 3 rings (SSSR count). The van der Waals surface area contributed by atoms with Crippen LogP contribution < -0.4 is 10.2 Å². The van der Waals surface area contributed by atoms with E-state index in [4.69, 9.17) is 16.3 Å². The van der Waals surface area contributed by atoms with Gasteiger partial charge in [-0.1, -0.05) is 11.6 Å². The minimum atomic E-state index is 0.476. The number of benzene rings is 1. The first-order chi connectivity index (χ1) is 10.2. The summed E-state index contributed by atoms with van der Waals surface area (Å²) < 4.78 is 5.34. The summed E-state index contributed by atoms with van der Waals surface area (Å²) in [7, 11) is 0. The van der Waals surface area contributed by atoms with E-state index in [9.17, 15) is 0 Å². The number of nitrogens with zero attached hydrogens (tertiary/aromatic N) is 4. The van der Waals surface area contributed by atoms with Crippen LogP contribution in [0.2, 0.25) is 5.02 Å². The Morgan fingerprint density at radius 3 is 2.86 bits per heavy atom. The summed E-state index contributed by atoms with van der Waals surface area (Å²) in [5.74, 6) is 1.28. The van der Waals surface area contributed by atoms with Gasteiger partial charge in [-0.25, -0.2) is 0 Å². The fraction of sp³-hybridized carbons (Fsp3) is 0.357. The standard InChI is InChI=1S/C14H16ClN5O/c1-10-8-11(15)2-3-12(10)17-14-18-13(9-16-19-14)20-4-6-21-7-5-20/h2-3,8-9H,4-7H2,1H3,(H,17,18,19). The van der Waals surface area contributed by atoms with E-state index in [0.717, 1.165) is 30.2 Å². The van der Waals surface area contributed by atoms with E-state index < -0.39 is 0 Å². The highest BCUT2D eigenvalue weighted by Crippen LogP contribution is 2.22. The van der Waals surface area contributed by atoms with Crippen molar-refractivity contribution in [1.29, 1.82) is 0 Å². The molecule has 0 unspecified atom stereocenters. The van der Waals surface area contributed by atoms with Crippen LogP contribution >= 0.6 is 11.6 Å². The summed E-state index contributed by atoms with van der Waals surface area (Å²) in [6, 6.07) is 5.63. The van der Waals surface area contributed by atoms with Crippen LogP contribution in [-0.2, 0) is 4.74 Å². The Labute approximate surface area is 128 Å². The van der Waals surface area contributed by atoms with Gasteiger partial charge < -0.3 is 15.0 Å². The number of nitrogens with one attached hydrogen (secondary N) is 1. The average molecular weight is 306 g/mol. The van der Waals surface area contributed by atoms with Gasteiger partial charge in [-0.05, 0) is 30.7 Å². The van der Waals surface area contributed by atoms with E-state index in [1.165, 1.54) is 0 Å². The van der Waals surface area contributed by atoms with Crippen LogP contribution in [0.1, 0.15) is 5.56 Å². The lowest BCUT2D eigenvalue weighted by Crippen LogP contribution is -2.37. The normalized spacial score (nSPS) is 15.0. The molecule has 2 heterocycles. The minimum Gasteiger partial charge on any atom is -0.378 e. The van der Waals surface area contributed by atoms with Crippen molar-refractivity contribution < 1.29 is 4.74 Å². The Hall–Kier alpha value is -1.92. The topological polar surface area (TPSA) is 63.2 Å². The number of anilines is 3. The number of morpholine rings is 1. The van der Waals surface area contributed by atoms with E-state index in [2.05, 4.69) is 25.4 Å². The van der Waals surface area contributed by atoms with Crippen molar-refractivity contribution in [3.63, 3.8) is 0 Å². The number of rotatable bonds is 3. The zero-order valence-corrected chi connectivity index (χ0v) is 12.5. The Bertz CT molecular complexity index is 631. The van der Waals surface area contributed by atoms with Crippen LogP contribution in [0, 0.1) is 6.92 Å². The lowest BCUT2D eigenvalue weighted by atomic mass is 10.2. The molecule has 1 saturated heterocycles. The number of aromatic nitrogens is 3. The van der Waals surface area contributed by atoms with Crippen molar-refractivity contribution in [3.05, 3.63) is 35.0 Å². The van der Waals surface area contributed by atoms with E-state index in [0.29, 0.717) is 24.2 Å². The predicted molar refractivity (Wildman–Crippen MR) is 82.3 cm³/mol. The van der Waals surface area contributed by atoms with Gasteiger partial charge in [0.05, 0.1) is 19.4 Å². The quantitative estimate of drug-likeness (QED) is 0.939. The van der Waals surface area contributed by atoms with Gasteiger partial charge in [0.2, 0.25) is 5.95 Å². The molecule has 0 bridgehead atoms. The van der Waals surface area contributed by atoms with Crippen LogP contribution in [0.3, 0.4) is 0 Å². The number of hydrogen-bond acceptors (Lipinski definition) is 6. The average Bonchev–Trinajstić information content (AvgIpc) is 2.51. The molecular weight excluding hydrogens is 290 g/mol. The van der Waals surface area contributed by atoms with Crippen molar-refractivity contribution in [2.45, 2.75) is 6.92 Å². The summed E-state index contributed by atoms with van der Waals surface area (Å²) in [6.07, 6.45) is 1.67. The zero-order chi connectivity index (χ0) is 14.7. The van der Waals surface area contributed by atoms with Crippen molar-refractivity contribution in [2.75, 3.05) is 36.5 Å². The largest absolute Gasteiger partial charge is 0.378 e. The molecule has 0 atom stereocenters. The second-order valence-electron chi connectivity index (χ2n) is 4.82. The molecule has 1 aliphatic heterocycles. The molecule has 1 aromatic carbocycles. The van der Waals surface area contributed by atoms with Gasteiger partial charge in [-0.2, -0.15) is 10.1 Å². The van der Waals surface area contributed by atoms with Crippen molar-refractivity contribution >= 4 is 29.1 Å². The highest BCUT2D eigenvalue weighted by molar-refractivity contribution is 6.30. The van der Waals surface area contributed by atoms with Gasteiger partial charge >= 0.3 is 0 Å². The molecule has 21 heavy (non-hydrogen) atoms. The van der Waals surface area contributed by atoms with Gasteiger partial charge in [0.25, 0.3) is 0 Å². The van der Waals surface area contributed by atoms with Crippen LogP contribution in [-0.4, -0.2) is 41.5 Å². The molecular formula is C14H16ClN5O. The zero-order valence-electron chi connectivity index (χ0n) is 11.7. The van der Waals surface area contributed by atoms with E-state index >= 15 is 0 Å². The highest BCUT2D eigenvalue weighted by atomic mass is 35.5. The van der Waals surface area contributed by atoms with Crippen molar-refractivity contribution in [2.24, 2.45) is 0 Å². The minimum absolute atomic E-state index is 0.476. The molecule has 0 spiro atoms. The van der Waals surface area contributed by atoms with Gasteiger partial charge in [0.1, 0.15) is 0 Å². The van der Waals surface area contributed by atoms with Crippen molar-refractivity contribution in [1.82, 2.24) is 15.2 Å². The fourth-order valence-corrected chi connectivity index (χ4v) is 2.41. The molecule has 0 aliphatic carbocycles. The van der Waals surface area contributed by atoms with E-state index in [1.54, 1.807) is 6.20 Å². The SMILES string of the molecule is Cc1cc(Cl)ccc1Nc1nncc(N2CCOCC2)n1. The monoisotopic (exact) mass is 305 g/mol. The Balaban J connectivity index is 1.79. The summed E-state index contributed by atoms with van der Waals surface area (Å²) in [6.45, 7) is 5.04. The predicted octanol–water partition coefficient (Wildman–Crippen LogP) is 2.41. The van der Waals surface area contributed by atoms with E-state index in [-0.39, 0.29) is 0 Å². The first-order valence-electron chi connectivity index (χ1n) is 6.78. The second kappa shape index (κ2) is 6.24. The van der Waals surface area contributed by atoms with E-state index in [1.807, 2.05) is 25.1 Å². The molecule has 1 N–H and O–H groups in total. The highest BCUT2D eigenvalue weighted by Gasteiger charge is 2.14. The van der Waals surface area contributed by atoms with Gasteiger partial charge in [0, 0.05) is 23.8 Å². The molecule has 2 aromatic rings. The lowest BCUT2D eigenvalue weighted by molar-refractivity contribution is 0.122. The maximum atomic E-state index is 5.96. The lowest BCUT2D eigenvalue weighted by Gasteiger charge is -2.27. The summed E-state index contributed by atoms with van der Waals surface area (Å²) in [5, 5.41) is 11.9. The third-order valence-electron chi connectivity index (χ3n) is 3.32. The van der Waals surface area contributed by atoms with Gasteiger partial charge in [0.15, 0.2) is 5.82 Å². The van der Waals surface area contributed by atoms with Crippen LogP contribution in [0.4, 0.5) is 17.5 Å². The third-order valence-corrected chi connectivity index (χ3v) is 3.55. The first-order valence-corrected chi connectivity index (χ1v) is 7.16. The number of hydrogen-bond donors (Lipinski definition) is 1. The first kappa shape index (κ1) is 14.0. The Morgan fingerprint density at radius 2 is 2.10 bits per heavy atom. The molecule has 1 aliphatic rings. The van der Waals surface area contributed by atoms with Gasteiger partial charge in [-0.3, -0.25) is 0 Å². The molecule has 110 valence electrons. The summed E-state index contributed by atoms with van der Waals surface area (Å²) in [5.41, 5.74) is 1.95. The molecule has 0 radical (unpaired) electrons. The van der Waals surface area contributed by atoms with Crippen molar-refractivity contribution in [3.8, 4) is 0 Å². The molecule has 1 aromatic heterocycles. The summed E-state index contributed by atoms with van der Waals surface area (Å²) >= 11 is 5.96. The molecule has 0 amide bonds. The number of aryl methyl sites for hydroxylation is 1. The number of halogens is 1. The van der Waals surface area contributed by atoms with Crippen LogP contribution in [0.5, 0.6) is 0 Å². The van der Waals surface area contributed by atoms with Gasteiger partial charge in [-0.15, -0.1) is 5.10 Å².